The van der Waals surface area contributed by atoms with E-state index < -0.39 is 47.6 Å². The summed E-state index contributed by atoms with van der Waals surface area (Å²) in [6, 6.07) is 26.2. The normalized spacial score (nSPS) is 12.8. The molecule has 0 spiro atoms. The molecular weight excluding hydrogens is 738 g/mol. The van der Waals surface area contributed by atoms with Crippen molar-refractivity contribution in [3.05, 3.63) is 137 Å². The Kier molecular flexibility index (Phi) is 17.5. The lowest BCUT2D eigenvalue weighted by atomic mass is 10.0. The number of benzene rings is 4. The van der Waals surface area contributed by atoms with Crippen molar-refractivity contribution in [3.8, 4) is 5.75 Å². The zero-order valence-corrected chi connectivity index (χ0v) is 31.7. The minimum atomic E-state index is -4.45. The number of alkyl halides is 3. The fourth-order valence-corrected chi connectivity index (χ4v) is 5.97. The SMILES string of the molecule is NCCCC[C@H](NC(=O)Cc1ccccc1)C(=O)N[C@@H](CCCCN)C(=O)N[C@@H](C(=O)NCc1ccccc1)c1ccc(OCc2ccc(C(F)(F)F)cc2)cc1. The van der Waals surface area contributed by atoms with Crippen LogP contribution in [0.3, 0.4) is 0 Å². The van der Waals surface area contributed by atoms with Gasteiger partial charge >= 0.3 is 6.18 Å². The number of amides is 4. The summed E-state index contributed by atoms with van der Waals surface area (Å²) in [7, 11) is 0. The van der Waals surface area contributed by atoms with Crippen LogP contribution < -0.4 is 37.5 Å². The summed E-state index contributed by atoms with van der Waals surface area (Å²) in [6.45, 7) is 0.969. The van der Waals surface area contributed by atoms with Crippen LogP contribution in [0.25, 0.3) is 0 Å². The predicted molar refractivity (Wildman–Crippen MR) is 211 cm³/mol. The Hall–Kier alpha value is -5.73. The van der Waals surface area contributed by atoms with E-state index in [1.807, 2.05) is 60.7 Å². The molecule has 4 aromatic rings. The lowest BCUT2D eigenvalue weighted by molar-refractivity contribution is -0.137. The van der Waals surface area contributed by atoms with Crippen LogP contribution in [0.5, 0.6) is 5.75 Å². The maximum Gasteiger partial charge on any atom is 0.416 e. The molecule has 0 bridgehead atoms. The van der Waals surface area contributed by atoms with Gasteiger partial charge in [-0.15, -0.1) is 0 Å². The number of carbonyl (C=O) groups is 4. The average molecular weight is 789 g/mol. The van der Waals surface area contributed by atoms with Crippen molar-refractivity contribution in [2.24, 2.45) is 11.5 Å². The number of unbranched alkanes of at least 4 members (excludes halogenated alkanes) is 2. The minimum Gasteiger partial charge on any atom is -0.489 e. The fourth-order valence-electron chi connectivity index (χ4n) is 5.97. The highest BCUT2D eigenvalue weighted by Crippen LogP contribution is 2.29. The number of halogens is 3. The smallest absolute Gasteiger partial charge is 0.416 e. The predicted octanol–water partition coefficient (Wildman–Crippen LogP) is 5.23. The number of rotatable bonds is 22. The van der Waals surface area contributed by atoms with Gasteiger partial charge in [-0.25, -0.2) is 0 Å². The van der Waals surface area contributed by atoms with E-state index in [1.54, 1.807) is 24.3 Å². The Morgan fingerprint density at radius 2 is 1.14 bits per heavy atom. The molecule has 304 valence electrons. The van der Waals surface area contributed by atoms with Crippen molar-refractivity contribution in [1.29, 1.82) is 0 Å². The van der Waals surface area contributed by atoms with Crippen molar-refractivity contribution in [2.45, 2.75) is 82.4 Å². The Bertz CT molecular complexity index is 1850. The van der Waals surface area contributed by atoms with Crippen LogP contribution in [0.1, 0.15) is 72.4 Å². The van der Waals surface area contributed by atoms with E-state index in [4.69, 9.17) is 16.2 Å². The first-order chi connectivity index (χ1) is 27.5. The molecule has 4 amide bonds. The van der Waals surface area contributed by atoms with Crippen molar-refractivity contribution in [2.75, 3.05) is 13.1 Å². The Balaban J connectivity index is 1.51. The van der Waals surface area contributed by atoms with Crippen molar-refractivity contribution in [1.82, 2.24) is 21.3 Å². The van der Waals surface area contributed by atoms with Crippen LogP contribution in [0.2, 0.25) is 0 Å². The quantitative estimate of drug-likeness (QED) is 0.0591. The van der Waals surface area contributed by atoms with E-state index in [0.29, 0.717) is 62.1 Å². The summed E-state index contributed by atoms with van der Waals surface area (Å²) >= 11 is 0. The highest BCUT2D eigenvalue weighted by Gasteiger charge is 2.31. The first kappa shape index (κ1) is 44.0. The van der Waals surface area contributed by atoms with E-state index in [9.17, 15) is 32.3 Å². The van der Waals surface area contributed by atoms with Crippen LogP contribution in [0.4, 0.5) is 13.2 Å². The van der Waals surface area contributed by atoms with Gasteiger partial charge in [-0.1, -0.05) is 84.9 Å². The third-order valence-electron chi connectivity index (χ3n) is 9.14. The van der Waals surface area contributed by atoms with E-state index >= 15 is 0 Å². The first-order valence-corrected chi connectivity index (χ1v) is 19.0. The maximum absolute atomic E-state index is 14.1. The van der Waals surface area contributed by atoms with Gasteiger partial charge in [-0.05, 0) is 98.1 Å². The lowest BCUT2D eigenvalue weighted by Crippen LogP contribution is -2.55. The van der Waals surface area contributed by atoms with Gasteiger partial charge in [0.25, 0.3) is 0 Å². The molecule has 0 radical (unpaired) electrons. The molecule has 11 nitrogen and oxygen atoms in total. The summed E-state index contributed by atoms with van der Waals surface area (Å²) < 4.78 is 44.7. The third-order valence-corrected chi connectivity index (χ3v) is 9.14. The van der Waals surface area contributed by atoms with Crippen LogP contribution in [-0.2, 0) is 44.9 Å². The van der Waals surface area contributed by atoms with Gasteiger partial charge in [0.15, 0.2) is 0 Å². The second-order valence-electron chi connectivity index (χ2n) is 13.6. The van der Waals surface area contributed by atoms with E-state index in [1.165, 1.54) is 12.1 Å². The summed E-state index contributed by atoms with van der Waals surface area (Å²) in [5.74, 6) is -1.62. The number of hydrogen-bond acceptors (Lipinski definition) is 7. The zero-order valence-electron chi connectivity index (χ0n) is 31.7. The molecule has 0 heterocycles. The average Bonchev–Trinajstić information content (AvgIpc) is 3.21. The second-order valence-corrected chi connectivity index (χ2v) is 13.6. The molecular formula is C43H51F3N6O5. The molecule has 0 fully saturated rings. The highest BCUT2D eigenvalue weighted by atomic mass is 19.4. The largest absolute Gasteiger partial charge is 0.489 e. The highest BCUT2D eigenvalue weighted by molar-refractivity contribution is 5.94. The Morgan fingerprint density at radius 3 is 1.70 bits per heavy atom. The number of hydrogen-bond donors (Lipinski definition) is 6. The molecule has 8 N–H and O–H groups in total. The summed E-state index contributed by atoms with van der Waals surface area (Å²) in [6.07, 6.45) is -1.56. The lowest BCUT2D eigenvalue weighted by Gasteiger charge is -2.26. The number of nitrogens with two attached hydrogens (primary N) is 2. The fraction of sp³-hybridized carbons (Fsp3) is 0.349. The van der Waals surface area contributed by atoms with Crippen LogP contribution >= 0.6 is 0 Å². The molecule has 0 saturated heterocycles. The number of carbonyl (C=O) groups excluding carboxylic acids is 4. The van der Waals surface area contributed by atoms with Gasteiger partial charge in [0.1, 0.15) is 30.5 Å². The topological polar surface area (TPSA) is 178 Å². The number of ether oxygens (including phenoxy) is 1. The summed E-state index contributed by atoms with van der Waals surface area (Å²) in [4.78, 5) is 54.6. The monoisotopic (exact) mass is 788 g/mol. The van der Waals surface area contributed by atoms with E-state index in [-0.39, 0.29) is 31.9 Å². The molecule has 0 saturated carbocycles. The Morgan fingerprint density at radius 1 is 0.596 bits per heavy atom. The van der Waals surface area contributed by atoms with E-state index in [0.717, 1.165) is 23.3 Å². The van der Waals surface area contributed by atoms with Crippen molar-refractivity contribution < 1.29 is 37.1 Å². The van der Waals surface area contributed by atoms with E-state index in [2.05, 4.69) is 21.3 Å². The first-order valence-electron chi connectivity index (χ1n) is 19.0. The summed E-state index contributed by atoms with van der Waals surface area (Å²) in [5, 5.41) is 11.4. The standard InChI is InChI=1S/C43H51F3N6O5/c44-43(45,46)34-21-17-32(18-22-34)29-57-35-23-19-33(20-24-35)39(42(56)49-28-31-13-5-2-6-14-31)52-41(55)37(16-8-10-26-48)51-40(54)36(15-7-9-25-47)50-38(53)27-30-11-3-1-4-12-30/h1-6,11-14,17-24,36-37,39H,7-10,15-16,25-29,47-48H2,(H,49,56)(H,50,53)(H,51,54)(H,52,55)/t36-,37-,39+/m0/s1. The number of nitrogens with one attached hydrogen (secondary N) is 4. The van der Waals surface area contributed by atoms with Crippen LogP contribution in [-0.4, -0.2) is 48.8 Å². The molecule has 57 heavy (non-hydrogen) atoms. The molecule has 0 aliphatic carbocycles. The molecule has 3 atom stereocenters. The summed E-state index contributed by atoms with van der Waals surface area (Å²) in [5.41, 5.74) is 13.2. The van der Waals surface area contributed by atoms with Gasteiger partial charge in [0.2, 0.25) is 23.6 Å². The van der Waals surface area contributed by atoms with Gasteiger partial charge in [0.05, 0.1) is 12.0 Å². The van der Waals surface area contributed by atoms with Crippen molar-refractivity contribution in [3.63, 3.8) is 0 Å². The molecule has 0 aromatic heterocycles. The van der Waals surface area contributed by atoms with Crippen LogP contribution in [0.15, 0.2) is 109 Å². The van der Waals surface area contributed by atoms with Gasteiger partial charge < -0.3 is 37.5 Å². The van der Waals surface area contributed by atoms with Gasteiger partial charge in [-0.3, -0.25) is 19.2 Å². The second kappa shape index (κ2) is 22.7. The van der Waals surface area contributed by atoms with Crippen LogP contribution in [0, 0.1) is 0 Å². The third kappa shape index (κ3) is 15.0. The van der Waals surface area contributed by atoms with Gasteiger partial charge in [-0.2, -0.15) is 13.2 Å². The minimum absolute atomic E-state index is 0.000681. The maximum atomic E-state index is 14.1. The molecule has 4 rings (SSSR count). The molecule has 0 unspecified atom stereocenters. The molecule has 0 aliphatic rings. The zero-order chi connectivity index (χ0) is 41.0. The van der Waals surface area contributed by atoms with Gasteiger partial charge in [0, 0.05) is 6.54 Å². The molecule has 14 heteroatoms. The Labute approximate surface area is 331 Å². The molecule has 0 aliphatic heterocycles. The molecule has 4 aromatic carbocycles. The van der Waals surface area contributed by atoms with Crippen molar-refractivity contribution >= 4 is 23.6 Å².